The Hall–Kier alpha value is -3.26. The van der Waals surface area contributed by atoms with E-state index in [1.165, 1.54) is 55.2 Å². The van der Waals surface area contributed by atoms with Gasteiger partial charge in [0.2, 0.25) is 0 Å². The highest BCUT2D eigenvalue weighted by molar-refractivity contribution is 6.34. The van der Waals surface area contributed by atoms with E-state index in [-0.39, 0.29) is 5.41 Å². The summed E-state index contributed by atoms with van der Waals surface area (Å²) < 4.78 is 2.46. The molecule has 29 heavy (non-hydrogen) atoms. The summed E-state index contributed by atoms with van der Waals surface area (Å²) in [4.78, 5) is 0. The van der Waals surface area contributed by atoms with Crippen LogP contribution < -0.4 is 5.46 Å². The van der Waals surface area contributed by atoms with Crippen molar-refractivity contribution in [2.75, 3.05) is 0 Å². The summed E-state index contributed by atoms with van der Waals surface area (Å²) in [6.07, 6.45) is 0. The van der Waals surface area contributed by atoms with E-state index in [1.54, 1.807) is 0 Å². The molecular formula is C27H22BN. The first-order valence-electron chi connectivity index (χ1n) is 10.3. The summed E-state index contributed by atoms with van der Waals surface area (Å²) in [5.74, 6) is 0. The van der Waals surface area contributed by atoms with Crippen molar-refractivity contribution in [3.8, 4) is 16.8 Å². The molecule has 1 nitrogen and oxygen atoms in total. The maximum Gasteiger partial charge on any atom is 0.139 e. The molecule has 1 aliphatic carbocycles. The summed E-state index contributed by atoms with van der Waals surface area (Å²) in [6, 6.07) is 31.3. The molecule has 0 amide bonds. The molecule has 2 heteroatoms. The van der Waals surface area contributed by atoms with Crippen molar-refractivity contribution in [1.29, 1.82) is 0 Å². The van der Waals surface area contributed by atoms with Crippen LogP contribution in [0.1, 0.15) is 25.0 Å². The summed E-state index contributed by atoms with van der Waals surface area (Å²) in [5.41, 5.74) is 10.7. The molecule has 0 N–H and O–H groups in total. The normalized spacial score (nSPS) is 14.3. The van der Waals surface area contributed by atoms with Crippen molar-refractivity contribution in [3.05, 3.63) is 96.1 Å². The van der Waals surface area contributed by atoms with Crippen molar-refractivity contribution >= 4 is 35.1 Å². The predicted octanol–water partition coefficient (Wildman–Crippen LogP) is 5.35. The molecule has 1 aliphatic rings. The molecule has 0 spiro atoms. The van der Waals surface area contributed by atoms with Crippen molar-refractivity contribution in [2.24, 2.45) is 0 Å². The van der Waals surface area contributed by atoms with Crippen LogP contribution in [0.5, 0.6) is 0 Å². The topological polar surface area (TPSA) is 4.93 Å². The Morgan fingerprint density at radius 3 is 2.31 bits per heavy atom. The third-order valence-corrected chi connectivity index (χ3v) is 6.65. The first-order chi connectivity index (χ1) is 14.1. The van der Waals surface area contributed by atoms with E-state index in [0.29, 0.717) is 0 Å². The largest absolute Gasteiger partial charge is 0.309 e. The van der Waals surface area contributed by atoms with Crippen LogP contribution in [0.3, 0.4) is 0 Å². The lowest BCUT2D eigenvalue weighted by molar-refractivity contribution is 0.660. The van der Waals surface area contributed by atoms with Crippen LogP contribution in [0, 0.1) is 0 Å². The van der Waals surface area contributed by atoms with E-state index in [9.17, 15) is 0 Å². The molecule has 6 rings (SSSR count). The van der Waals surface area contributed by atoms with Gasteiger partial charge in [0.1, 0.15) is 7.85 Å². The van der Waals surface area contributed by atoms with Crippen molar-refractivity contribution in [3.63, 3.8) is 0 Å². The Kier molecular flexibility index (Phi) is 3.24. The minimum absolute atomic E-state index is 0.0112. The average molecular weight is 371 g/mol. The molecule has 0 saturated carbocycles. The first-order valence-corrected chi connectivity index (χ1v) is 10.3. The average Bonchev–Trinajstić information content (AvgIpc) is 3.18. The molecule has 1 heterocycles. The SMILES string of the molecule is Bc1ccc2c(c1)c1ccccc1n2-c1cccc2c1-c1ccccc1C2(C)C. The van der Waals surface area contributed by atoms with Gasteiger partial charge >= 0.3 is 0 Å². The molecule has 0 bridgehead atoms. The van der Waals surface area contributed by atoms with Gasteiger partial charge in [0.05, 0.1) is 16.7 Å². The summed E-state index contributed by atoms with van der Waals surface area (Å²) in [5, 5.41) is 2.64. The number of hydrogen-bond donors (Lipinski definition) is 0. The summed E-state index contributed by atoms with van der Waals surface area (Å²) in [7, 11) is 2.17. The van der Waals surface area contributed by atoms with Crippen LogP contribution in [-0.2, 0) is 5.41 Å². The fourth-order valence-corrected chi connectivity index (χ4v) is 5.27. The van der Waals surface area contributed by atoms with Crippen LogP contribution in [0.4, 0.5) is 0 Å². The van der Waals surface area contributed by atoms with E-state index in [1.807, 2.05) is 0 Å². The first kappa shape index (κ1) is 16.7. The Labute approximate surface area is 172 Å². The van der Waals surface area contributed by atoms with Gasteiger partial charge in [0.15, 0.2) is 0 Å². The second kappa shape index (κ2) is 5.64. The van der Waals surface area contributed by atoms with Gasteiger partial charge in [-0.1, -0.05) is 86.0 Å². The molecule has 138 valence electrons. The Balaban J connectivity index is 1.80. The molecular weight excluding hydrogens is 349 g/mol. The number of para-hydroxylation sites is 1. The maximum absolute atomic E-state index is 2.46. The number of aromatic nitrogens is 1. The lowest BCUT2D eigenvalue weighted by Crippen LogP contribution is -2.15. The third kappa shape index (κ3) is 2.12. The zero-order valence-electron chi connectivity index (χ0n) is 17.0. The molecule has 0 fully saturated rings. The molecule has 0 unspecified atom stereocenters. The smallest absolute Gasteiger partial charge is 0.139 e. The van der Waals surface area contributed by atoms with Gasteiger partial charge in [0, 0.05) is 21.8 Å². The minimum atomic E-state index is 0.0112. The Morgan fingerprint density at radius 2 is 1.41 bits per heavy atom. The number of rotatable bonds is 1. The van der Waals surface area contributed by atoms with Gasteiger partial charge in [-0.05, 0) is 34.9 Å². The molecule has 0 radical (unpaired) electrons. The maximum atomic E-state index is 2.46. The number of benzene rings is 4. The van der Waals surface area contributed by atoms with Gasteiger partial charge in [-0.3, -0.25) is 0 Å². The van der Waals surface area contributed by atoms with Crippen molar-refractivity contribution in [1.82, 2.24) is 4.57 Å². The molecule has 5 aromatic rings. The van der Waals surface area contributed by atoms with Crippen LogP contribution in [-0.4, -0.2) is 12.4 Å². The van der Waals surface area contributed by atoms with E-state index in [0.717, 1.165) is 0 Å². The molecule has 0 aliphatic heterocycles. The fourth-order valence-electron chi connectivity index (χ4n) is 5.27. The summed E-state index contributed by atoms with van der Waals surface area (Å²) >= 11 is 0. The number of hydrogen-bond acceptors (Lipinski definition) is 0. The van der Waals surface area contributed by atoms with Gasteiger partial charge in [-0.2, -0.15) is 0 Å². The van der Waals surface area contributed by atoms with Gasteiger partial charge < -0.3 is 4.57 Å². The second-order valence-electron chi connectivity index (χ2n) is 8.74. The molecule has 0 atom stereocenters. The van der Waals surface area contributed by atoms with E-state index in [4.69, 9.17) is 0 Å². The van der Waals surface area contributed by atoms with E-state index < -0.39 is 0 Å². The zero-order valence-corrected chi connectivity index (χ0v) is 17.0. The van der Waals surface area contributed by atoms with Crippen LogP contribution >= 0.6 is 0 Å². The van der Waals surface area contributed by atoms with Crippen molar-refractivity contribution in [2.45, 2.75) is 19.3 Å². The Morgan fingerprint density at radius 1 is 0.690 bits per heavy atom. The molecule has 4 aromatic carbocycles. The standard InChI is InChI=1S/C27H22BN/c1-27(2)21-10-5-3-9-19(21)26-22(27)11-7-13-25(26)29-23-12-6-4-8-18(23)20-16-17(28)14-15-24(20)29/h3-16H,28H2,1-2H3. The highest BCUT2D eigenvalue weighted by Gasteiger charge is 2.36. The van der Waals surface area contributed by atoms with E-state index in [2.05, 4.69) is 111 Å². The lowest BCUT2D eigenvalue weighted by atomic mass is 9.82. The number of nitrogens with zero attached hydrogens (tertiary/aromatic N) is 1. The van der Waals surface area contributed by atoms with E-state index >= 15 is 0 Å². The Bertz CT molecular complexity index is 1440. The third-order valence-electron chi connectivity index (χ3n) is 6.65. The molecule has 0 saturated heterocycles. The second-order valence-corrected chi connectivity index (χ2v) is 8.74. The zero-order chi connectivity index (χ0) is 19.8. The monoisotopic (exact) mass is 371 g/mol. The molecule has 1 aromatic heterocycles. The number of fused-ring (bicyclic) bond motifs is 6. The van der Waals surface area contributed by atoms with Gasteiger partial charge in [-0.25, -0.2) is 0 Å². The van der Waals surface area contributed by atoms with Crippen LogP contribution in [0.2, 0.25) is 0 Å². The van der Waals surface area contributed by atoms with Gasteiger partial charge in [-0.15, -0.1) is 0 Å². The highest BCUT2D eigenvalue weighted by Crippen LogP contribution is 2.51. The van der Waals surface area contributed by atoms with Crippen LogP contribution in [0.25, 0.3) is 38.6 Å². The van der Waals surface area contributed by atoms with Gasteiger partial charge in [0.25, 0.3) is 0 Å². The predicted molar refractivity (Wildman–Crippen MR) is 127 cm³/mol. The lowest BCUT2D eigenvalue weighted by Gasteiger charge is -2.21. The van der Waals surface area contributed by atoms with Crippen LogP contribution in [0.15, 0.2) is 84.9 Å². The van der Waals surface area contributed by atoms with Crippen molar-refractivity contribution < 1.29 is 0 Å². The quantitative estimate of drug-likeness (QED) is 0.350. The summed E-state index contributed by atoms with van der Waals surface area (Å²) in [6.45, 7) is 4.69. The fraction of sp³-hybridized carbons (Fsp3) is 0.111. The minimum Gasteiger partial charge on any atom is -0.309 e. The highest BCUT2D eigenvalue weighted by atomic mass is 15.0.